The summed E-state index contributed by atoms with van der Waals surface area (Å²) in [6.07, 6.45) is 0. The number of benzene rings is 2. The third-order valence-corrected chi connectivity index (χ3v) is 4.30. The van der Waals surface area contributed by atoms with E-state index in [1.54, 1.807) is 17.0 Å². The maximum atomic E-state index is 12.1. The quantitative estimate of drug-likeness (QED) is 0.634. The zero-order valence-corrected chi connectivity index (χ0v) is 15.8. The summed E-state index contributed by atoms with van der Waals surface area (Å²) in [7, 11) is 0. The van der Waals surface area contributed by atoms with Crippen LogP contribution in [0, 0.1) is 6.92 Å². The molecule has 0 unspecified atom stereocenters. The van der Waals surface area contributed by atoms with Crippen molar-refractivity contribution in [1.29, 1.82) is 0 Å². The van der Waals surface area contributed by atoms with Crippen LogP contribution in [0.5, 0.6) is 5.75 Å². The SMILES string of the molecule is CCN(CC)C(=O)COc1cccc(-c2nc(-c3ccc(C)cc3)no2)c1. The molecule has 6 nitrogen and oxygen atoms in total. The molecule has 2 aromatic carbocycles. The number of ether oxygens (including phenoxy) is 1. The predicted octanol–water partition coefficient (Wildman–Crippen LogP) is 3.96. The van der Waals surface area contributed by atoms with Crippen LogP contribution in [0.15, 0.2) is 53.1 Å². The molecule has 0 bridgehead atoms. The van der Waals surface area contributed by atoms with Gasteiger partial charge in [-0.25, -0.2) is 0 Å². The first-order chi connectivity index (χ1) is 13.1. The second kappa shape index (κ2) is 8.49. The Kier molecular flexibility index (Phi) is 5.86. The highest BCUT2D eigenvalue weighted by Crippen LogP contribution is 2.25. The largest absolute Gasteiger partial charge is 0.484 e. The number of nitrogens with zero attached hydrogens (tertiary/aromatic N) is 3. The molecule has 1 amide bonds. The average Bonchev–Trinajstić information content (AvgIpc) is 3.18. The minimum absolute atomic E-state index is 0.00355. The molecule has 3 aromatic rings. The average molecular weight is 365 g/mol. The van der Waals surface area contributed by atoms with Gasteiger partial charge in [0.05, 0.1) is 0 Å². The van der Waals surface area contributed by atoms with Crippen molar-refractivity contribution in [2.24, 2.45) is 0 Å². The number of amides is 1. The maximum absolute atomic E-state index is 12.1. The summed E-state index contributed by atoms with van der Waals surface area (Å²) in [6, 6.07) is 15.2. The van der Waals surface area contributed by atoms with Gasteiger partial charge in [-0.3, -0.25) is 4.79 Å². The van der Waals surface area contributed by atoms with Gasteiger partial charge in [0, 0.05) is 24.2 Å². The standard InChI is InChI=1S/C21H23N3O3/c1-4-24(5-2)19(25)14-26-18-8-6-7-17(13-18)21-22-20(23-27-21)16-11-9-15(3)10-12-16/h6-13H,4-5,14H2,1-3H3. The Morgan fingerprint density at radius 2 is 1.81 bits per heavy atom. The molecule has 0 aliphatic heterocycles. The summed E-state index contributed by atoms with van der Waals surface area (Å²) >= 11 is 0. The van der Waals surface area contributed by atoms with Gasteiger partial charge in [0.25, 0.3) is 11.8 Å². The van der Waals surface area contributed by atoms with E-state index in [1.165, 1.54) is 5.56 Å². The van der Waals surface area contributed by atoms with Gasteiger partial charge in [0.15, 0.2) is 6.61 Å². The first-order valence-electron chi connectivity index (χ1n) is 9.02. The summed E-state index contributed by atoms with van der Waals surface area (Å²) in [4.78, 5) is 18.3. The molecule has 0 radical (unpaired) electrons. The summed E-state index contributed by atoms with van der Waals surface area (Å²) in [5.41, 5.74) is 2.81. The molecule has 0 atom stereocenters. The Hall–Kier alpha value is -3.15. The van der Waals surface area contributed by atoms with Crippen LogP contribution in [-0.4, -0.2) is 40.6 Å². The van der Waals surface area contributed by atoms with Crippen molar-refractivity contribution in [3.05, 3.63) is 54.1 Å². The minimum Gasteiger partial charge on any atom is -0.484 e. The summed E-state index contributed by atoms with van der Waals surface area (Å²) < 4.78 is 11.0. The second-order valence-electron chi connectivity index (χ2n) is 6.17. The minimum atomic E-state index is -0.0372. The Morgan fingerprint density at radius 3 is 2.52 bits per heavy atom. The van der Waals surface area contributed by atoms with E-state index in [0.29, 0.717) is 30.6 Å². The number of carbonyl (C=O) groups is 1. The monoisotopic (exact) mass is 365 g/mol. The van der Waals surface area contributed by atoms with Gasteiger partial charge in [0.1, 0.15) is 5.75 Å². The van der Waals surface area contributed by atoms with Gasteiger partial charge in [-0.1, -0.05) is 41.1 Å². The zero-order valence-electron chi connectivity index (χ0n) is 15.8. The lowest BCUT2D eigenvalue weighted by Gasteiger charge is -2.18. The number of likely N-dealkylation sites (N-methyl/N-ethyl adjacent to an activating group) is 1. The van der Waals surface area contributed by atoms with Gasteiger partial charge in [-0.05, 0) is 39.0 Å². The molecule has 0 aliphatic rings. The van der Waals surface area contributed by atoms with Crippen LogP contribution in [0.1, 0.15) is 19.4 Å². The van der Waals surface area contributed by atoms with E-state index in [2.05, 4.69) is 10.1 Å². The fourth-order valence-corrected chi connectivity index (χ4v) is 2.69. The Labute approximate surface area is 158 Å². The van der Waals surface area contributed by atoms with Crippen molar-refractivity contribution < 1.29 is 14.1 Å². The van der Waals surface area contributed by atoms with E-state index in [9.17, 15) is 4.79 Å². The second-order valence-corrected chi connectivity index (χ2v) is 6.17. The van der Waals surface area contributed by atoms with Crippen LogP contribution in [-0.2, 0) is 4.79 Å². The van der Waals surface area contributed by atoms with Crippen molar-refractivity contribution in [3.63, 3.8) is 0 Å². The number of carbonyl (C=O) groups excluding carboxylic acids is 1. The Balaban J connectivity index is 1.72. The highest BCUT2D eigenvalue weighted by molar-refractivity contribution is 5.77. The molecule has 6 heteroatoms. The van der Waals surface area contributed by atoms with Crippen LogP contribution in [0.2, 0.25) is 0 Å². The van der Waals surface area contributed by atoms with Gasteiger partial charge < -0.3 is 14.2 Å². The Bertz CT molecular complexity index is 899. The van der Waals surface area contributed by atoms with Crippen LogP contribution in [0.25, 0.3) is 22.8 Å². The van der Waals surface area contributed by atoms with E-state index in [0.717, 1.165) is 11.1 Å². The lowest BCUT2D eigenvalue weighted by molar-refractivity contribution is -0.132. The highest BCUT2D eigenvalue weighted by atomic mass is 16.5. The van der Waals surface area contributed by atoms with E-state index in [-0.39, 0.29) is 12.5 Å². The molecular formula is C21H23N3O3. The first-order valence-corrected chi connectivity index (χ1v) is 9.02. The van der Waals surface area contributed by atoms with Crippen molar-refractivity contribution >= 4 is 5.91 Å². The van der Waals surface area contributed by atoms with E-state index < -0.39 is 0 Å². The first kappa shape index (κ1) is 18.6. The zero-order chi connectivity index (χ0) is 19.2. The molecule has 0 N–H and O–H groups in total. The third-order valence-electron chi connectivity index (χ3n) is 4.30. The summed E-state index contributed by atoms with van der Waals surface area (Å²) in [6.45, 7) is 7.27. The van der Waals surface area contributed by atoms with E-state index in [1.807, 2.05) is 57.2 Å². The van der Waals surface area contributed by atoms with Crippen LogP contribution in [0.3, 0.4) is 0 Å². The van der Waals surface area contributed by atoms with Crippen LogP contribution < -0.4 is 4.74 Å². The van der Waals surface area contributed by atoms with Gasteiger partial charge in [0.2, 0.25) is 5.82 Å². The molecule has 0 spiro atoms. The normalized spacial score (nSPS) is 10.6. The van der Waals surface area contributed by atoms with Gasteiger partial charge in [-0.15, -0.1) is 0 Å². The van der Waals surface area contributed by atoms with Crippen molar-refractivity contribution in [3.8, 4) is 28.6 Å². The van der Waals surface area contributed by atoms with Gasteiger partial charge >= 0.3 is 0 Å². The van der Waals surface area contributed by atoms with Crippen LogP contribution >= 0.6 is 0 Å². The fourth-order valence-electron chi connectivity index (χ4n) is 2.69. The van der Waals surface area contributed by atoms with E-state index >= 15 is 0 Å². The van der Waals surface area contributed by atoms with Crippen molar-refractivity contribution in [1.82, 2.24) is 15.0 Å². The van der Waals surface area contributed by atoms with E-state index in [4.69, 9.17) is 9.26 Å². The van der Waals surface area contributed by atoms with Gasteiger partial charge in [-0.2, -0.15) is 4.98 Å². The number of aromatic nitrogens is 2. The molecule has 0 aliphatic carbocycles. The summed E-state index contributed by atoms with van der Waals surface area (Å²) in [5.74, 6) is 1.49. The fraction of sp³-hybridized carbons (Fsp3) is 0.286. The van der Waals surface area contributed by atoms with Crippen molar-refractivity contribution in [2.45, 2.75) is 20.8 Å². The maximum Gasteiger partial charge on any atom is 0.260 e. The molecule has 0 saturated heterocycles. The number of hydrogen-bond acceptors (Lipinski definition) is 5. The molecule has 140 valence electrons. The topological polar surface area (TPSA) is 68.5 Å². The predicted molar refractivity (Wildman–Crippen MR) is 103 cm³/mol. The highest BCUT2D eigenvalue weighted by Gasteiger charge is 2.13. The number of hydrogen-bond donors (Lipinski definition) is 0. The van der Waals surface area contributed by atoms with Crippen LogP contribution in [0.4, 0.5) is 0 Å². The Morgan fingerprint density at radius 1 is 1.07 bits per heavy atom. The number of aryl methyl sites for hydroxylation is 1. The number of rotatable bonds is 7. The molecule has 0 saturated carbocycles. The molecule has 0 fully saturated rings. The molecule has 3 rings (SSSR count). The molecule has 1 aromatic heterocycles. The lowest BCUT2D eigenvalue weighted by atomic mass is 10.1. The van der Waals surface area contributed by atoms with Crippen molar-refractivity contribution in [2.75, 3.05) is 19.7 Å². The summed E-state index contributed by atoms with van der Waals surface area (Å²) in [5, 5.41) is 4.05. The third kappa shape index (κ3) is 4.53. The lowest BCUT2D eigenvalue weighted by Crippen LogP contribution is -2.34. The molecular weight excluding hydrogens is 342 g/mol. The smallest absolute Gasteiger partial charge is 0.260 e. The molecule has 1 heterocycles. The molecule has 27 heavy (non-hydrogen) atoms.